The fraction of sp³-hybridized carbons (Fsp3) is 0.714. The fourth-order valence-corrected chi connectivity index (χ4v) is 2.25. The summed E-state index contributed by atoms with van der Waals surface area (Å²) in [5.41, 5.74) is -0.417. The number of aromatic nitrogens is 2. The standard InChI is InChI=1S/C14H23N3O3/c1-10(2)17-6-5-16-12(13(17)18)19-8-11-7-15-9-14(3,4)20-11/h5-6,10-11,15H,7-9H2,1-4H3. The van der Waals surface area contributed by atoms with Gasteiger partial charge in [0.25, 0.3) is 5.88 Å². The molecule has 0 spiro atoms. The van der Waals surface area contributed by atoms with Crippen LogP contribution in [-0.2, 0) is 4.74 Å². The first-order chi connectivity index (χ1) is 9.39. The zero-order valence-corrected chi connectivity index (χ0v) is 12.5. The highest BCUT2D eigenvalue weighted by Gasteiger charge is 2.28. The molecule has 0 amide bonds. The third-order valence-electron chi connectivity index (χ3n) is 3.21. The number of rotatable bonds is 4. The van der Waals surface area contributed by atoms with Crippen molar-refractivity contribution in [3.05, 3.63) is 22.7 Å². The molecule has 1 aliphatic heterocycles. The van der Waals surface area contributed by atoms with Crippen LogP contribution in [0.3, 0.4) is 0 Å². The minimum atomic E-state index is -0.214. The summed E-state index contributed by atoms with van der Waals surface area (Å²) in [6.45, 7) is 9.80. The Labute approximate surface area is 119 Å². The van der Waals surface area contributed by atoms with Crippen molar-refractivity contribution < 1.29 is 9.47 Å². The van der Waals surface area contributed by atoms with Crippen molar-refractivity contribution in [2.75, 3.05) is 19.7 Å². The lowest BCUT2D eigenvalue weighted by atomic mass is 10.1. The molecule has 6 heteroatoms. The van der Waals surface area contributed by atoms with E-state index in [-0.39, 0.29) is 29.2 Å². The quantitative estimate of drug-likeness (QED) is 0.891. The van der Waals surface area contributed by atoms with E-state index in [4.69, 9.17) is 9.47 Å². The van der Waals surface area contributed by atoms with E-state index in [1.165, 1.54) is 0 Å². The van der Waals surface area contributed by atoms with Gasteiger partial charge in [0.1, 0.15) is 12.7 Å². The lowest BCUT2D eigenvalue weighted by Crippen LogP contribution is -2.52. The molecular formula is C14H23N3O3. The van der Waals surface area contributed by atoms with Crippen molar-refractivity contribution in [2.24, 2.45) is 0 Å². The van der Waals surface area contributed by atoms with Crippen molar-refractivity contribution in [2.45, 2.75) is 45.4 Å². The summed E-state index contributed by atoms with van der Waals surface area (Å²) in [5.74, 6) is 0.133. The molecule has 6 nitrogen and oxygen atoms in total. The summed E-state index contributed by atoms with van der Waals surface area (Å²) < 4.78 is 13.0. The van der Waals surface area contributed by atoms with Crippen molar-refractivity contribution in [3.8, 4) is 5.88 Å². The third kappa shape index (κ3) is 3.58. The Morgan fingerprint density at radius 2 is 2.35 bits per heavy atom. The lowest BCUT2D eigenvalue weighted by Gasteiger charge is -2.36. The maximum Gasteiger partial charge on any atom is 0.313 e. The topological polar surface area (TPSA) is 65.4 Å². The first kappa shape index (κ1) is 15.0. The zero-order valence-electron chi connectivity index (χ0n) is 12.5. The van der Waals surface area contributed by atoms with E-state index >= 15 is 0 Å². The Morgan fingerprint density at radius 1 is 1.60 bits per heavy atom. The van der Waals surface area contributed by atoms with Gasteiger partial charge in [-0.05, 0) is 27.7 Å². The molecule has 0 aromatic carbocycles. The molecule has 0 radical (unpaired) electrons. The number of ether oxygens (including phenoxy) is 2. The summed E-state index contributed by atoms with van der Waals surface area (Å²) in [4.78, 5) is 16.1. The van der Waals surface area contributed by atoms with E-state index in [0.717, 1.165) is 6.54 Å². The van der Waals surface area contributed by atoms with Gasteiger partial charge in [0.2, 0.25) is 0 Å². The second kappa shape index (κ2) is 5.93. The molecule has 2 heterocycles. The van der Waals surface area contributed by atoms with Crippen LogP contribution in [0.5, 0.6) is 5.88 Å². The van der Waals surface area contributed by atoms with E-state index < -0.39 is 0 Å². The van der Waals surface area contributed by atoms with Crippen LogP contribution >= 0.6 is 0 Å². The monoisotopic (exact) mass is 281 g/mol. The van der Waals surface area contributed by atoms with Crippen molar-refractivity contribution in [1.82, 2.24) is 14.9 Å². The highest BCUT2D eigenvalue weighted by atomic mass is 16.6. The number of morpholine rings is 1. The van der Waals surface area contributed by atoms with Gasteiger partial charge in [-0.1, -0.05) is 0 Å². The predicted octanol–water partition coefficient (Wildman–Crippen LogP) is 0.970. The predicted molar refractivity (Wildman–Crippen MR) is 76.2 cm³/mol. The summed E-state index contributed by atoms with van der Waals surface area (Å²) in [6, 6.07) is 0.0828. The second-order valence-corrected chi connectivity index (χ2v) is 5.98. The van der Waals surface area contributed by atoms with Crippen molar-refractivity contribution in [1.29, 1.82) is 0 Å². The van der Waals surface area contributed by atoms with Crippen molar-refractivity contribution >= 4 is 0 Å². The smallest absolute Gasteiger partial charge is 0.313 e. The van der Waals surface area contributed by atoms with Crippen LogP contribution < -0.4 is 15.6 Å². The molecule has 1 fully saturated rings. The summed E-state index contributed by atoms with van der Waals surface area (Å²) in [6.07, 6.45) is 3.18. The van der Waals surface area contributed by atoms with Crippen LogP contribution in [0.25, 0.3) is 0 Å². The van der Waals surface area contributed by atoms with Gasteiger partial charge in [-0.25, -0.2) is 4.98 Å². The van der Waals surface area contributed by atoms with Crippen LogP contribution in [0.4, 0.5) is 0 Å². The van der Waals surface area contributed by atoms with Gasteiger partial charge in [-0.15, -0.1) is 0 Å². The van der Waals surface area contributed by atoms with Gasteiger partial charge in [0, 0.05) is 31.5 Å². The number of hydrogen-bond acceptors (Lipinski definition) is 5. The second-order valence-electron chi connectivity index (χ2n) is 5.98. The Morgan fingerprint density at radius 3 is 3.00 bits per heavy atom. The van der Waals surface area contributed by atoms with Gasteiger partial charge < -0.3 is 19.4 Å². The van der Waals surface area contributed by atoms with E-state index in [2.05, 4.69) is 10.3 Å². The fourth-order valence-electron chi connectivity index (χ4n) is 2.25. The third-order valence-corrected chi connectivity index (χ3v) is 3.21. The highest BCUT2D eigenvalue weighted by Crippen LogP contribution is 2.15. The van der Waals surface area contributed by atoms with Gasteiger partial charge in [0.15, 0.2) is 0 Å². The summed E-state index contributed by atoms with van der Waals surface area (Å²) >= 11 is 0. The van der Waals surface area contributed by atoms with Crippen LogP contribution in [0.15, 0.2) is 17.2 Å². The van der Waals surface area contributed by atoms with E-state index in [0.29, 0.717) is 13.2 Å². The molecule has 1 aromatic heterocycles. The largest absolute Gasteiger partial charge is 0.471 e. The summed E-state index contributed by atoms with van der Waals surface area (Å²) in [5, 5.41) is 3.30. The van der Waals surface area contributed by atoms with Crippen LogP contribution in [0.1, 0.15) is 33.7 Å². The van der Waals surface area contributed by atoms with E-state index in [1.54, 1.807) is 17.0 Å². The molecule has 0 aliphatic carbocycles. The van der Waals surface area contributed by atoms with Gasteiger partial charge >= 0.3 is 5.56 Å². The average Bonchev–Trinajstić information content (AvgIpc) is 2.36. The molecule has 2 rings (SSSR count). The maximum atomic E-state index is 12.1. The Hall–Kier alpha value is -1.40. The minimum absolute atomic E-state index is 0.0762. The molecule has 1 aromatic rings. The van der Waals surface area contributed by atoms with Crippen LogP contribution in [0.2, 0.25) is 0 Å². The first-order valence-corrected chi connectivity index (χ1v) is 6.97. The van der Waals surface area contributed by atoms with Crippen LogP contribution in [0, 0.1) is 0 Å². The molecule has 112 valence electrons. The molecule has 1 aliphatic rings. The number of nitrogens with one attached hydrogen (secondary N) is 1. The Balaban J connectivity index is 2.01. The number of hydrogen-bond donors (Lipinski definition) is 1. The Bertz CT molecular complexity index is 511. The molecule has 0 saturated carbocycles. The molecule has 1 unspecified atom stereocenters. The van der Waals surface area contributed by atoms with Crippen LogP contribution in [-0.4, -0.2) is 41.0 Å². The Kier molecular flexibility index (Phi) is 4.45. The minimum Gasteiger partial charge on any atom is -0.471 e. The first-order valence-electron chi connectivity index (χ1n) is 6.97. The average molecular weight is 281 g/mol. The normalized spacial score (nSPS) is 21.9. The zero-order chi connectivity index (χ0) is 14.8. The van der Waals surface area contributed by atoms with Crippen molar-refractivity contribution in [3.63, 3.8) is 0 Å². The molecule has 0 bridgehead atoms. The van der Waals surface area contributed by atoms with E-state index in [9.17, 15) is 4.79 Å². The van der Waals surface area contributed by atoms with E-state index in [1.807, 2.05) is 27.7 Å². The molecule has 1 atom stereocenters. The molecule has 20 heavy (non-hydrogen) atoms. The number of nitrogens with zero attached hydrogens (tertiary/aromatic N) is 2. The molecular weight excluding hydrogens is 258 g/mol. The van der Waals surface area contributed by atoms with Gasteiger partial charge in [-0.2, -0.15) is 0 Å². The highest BCUT2D eigenvalue weighted by molar-refractivity contribution is 5.05. The van der Waals surface area contributed by atoms with Gasteiger partial charge in [-0.3, -0.25) is 4.79 Å². The maximum absolute atomic E-state index is 12.1. The molecule has 1 N–H and O–H groups in total. The summed E-state index contributed by atoms with van der Waals surface area (Å²) in [7, 11) is 0. The molecule has 1 saturated heterocycles. The lowest BCUT2D eigenvalue weighted by molar-refractivity contribution is -0.107. The van der Waals surface area contributed by atoms with Gasteiger partial charge in [0.05, 0.1) is 5.60 Å². The SMILES string of the molecule is CC(C)n1ccnc(OCC2CNCC(C)(C)O2)c1=O.